The van der Waals surface area contributed by atoms with Gasteiger partial charge in [-0.1, -0.05) is 19.1 Å². The van der Waals surface area contributed by atoms with E-state index in [-0.39, 0.29) is 34.6 Å². The predicted molar refractivity (Wildman–Crippen MR) is 108 cm³/mol. The summed E-state index contributed by atoms with van der Waals surface area (Å²) in [7, 11) is -4.69. The Morgan fingerprint density at radius 3 is 2.68 bits per heavy atom. The molecule has 6 nitrogen and oxygen atoms in total. The van der Waals surface area contributed by atoms with Crippen molar-refractivity contribution in [2.24, 2.45) is 17.3 Å². The van der Waals surface area contributed by atoms with Gasteiger partial charge in [0.15, 0.2) is 6.61 Å². The van der Waals surface area contributed by atoms with E-state index in [2.05, 4.69) is 13.5 Å². The van der Waals surface area contributed by atoms with E-state index in [9.17, 15) is 26.7 Å². The number of alkyl halides is 3. The summed E-state index contributed by atoms with van der Waals surface area (Å²) < 4.78 is 76.8. The van der Waals surface area contributed by atoms with Crippen molar-refractivity contribution in [1.82, 2.24) is 0 Å². The van der Waals surface area contributed by atoms with Crippen molar-refractivity contribution in [2.45, 2.75) is 57.2 Å². The summed E-state index contributed by atoms with van der Waals surface area (Å²) in [4.78, 5) is 0. The van der Waals surface area contributed by atoms with Gasteiger partial charge in [-0.25, -0.2) is 0 Å². The van der Waals surface area contributed by atoms with Crippen LogP contribution in [0.4, 0.5) is 18.9 Å². The number of ether oxygens (including phenoxy) is 1. The van der Waals surface area contributed by atoms with Gasteiger partial charge in [0.05, 0.1) is 11.8 Å². The third-order valence-electron chi connectivity index (χ3n) is 7.32. The number of hydrogen-bond donors (Lipinski definition) is 3. The molecular formula is C21H26F3NO5S. The first-order chi connectivity index (χ1) is 14.3. The second-order valence-electron chi connectivity index (χ2n) is 9.24. The van der Waals surface area contributed by atoms with Gasteiger partial charge in [0.25, 0.3) is 0 Å². The second kappa shape index (κ2) is 7.38. The Hall–Kier alpha value is -1.78. The van der Waals surface area contributed by atoms with Crippen molar-refractivity contribution in [3.05, 3.63) is 35.4 Å². The van der Waals surface area contributed by atoms with Gasteiger partial charge in [0.2, 0.25) is 0 Å². The molecule has 1 aromatic carbocycles. The molecule has 0 aromatic heterocycles. The number of rotatable bonds is 4. The van der Waals surface area contributed by atoms with Gasteiger partial charge < -0.3 is 9.84 Å². The van der Waals surface area contributed by atoms with E-state index in [4.69, 9.17) is 9.29 Å². The maximum Gasteiger partial charge on any atom is 0.422 e. The number of aliphatic hydroxyl groups excluding tert-OH is 1. The Morgan fingerprint density at radius 2 is 2.03 bits per heavy atom. The zero-order valence-corrected chi connectivity index (χ0v) is 17.9. The number of aliphatic hydroxyl groups is 1. The molecule has 0 heterocycles. The van der Waals surface area contributed by atoms with Gasteiger partial charge in [0, 0.05) is 5.41 Å². The summed E-state index contributed by atoms with van der Waals surface area (Å²) >= 11 is 0. The van der Waals surface area contributed by atoms with Crippen molar-refractivity contribution in [3.8, 4) is 5.75 Å². The first-order valence-electron chi connectivity index (χ1n) is 10.3. The lowest BCUT2D eigenvalue weighted by atomic mass is 9.55. The van der Waals surface area contributed by atoms with E-state index in [1.807, 2.05) is 4.72 Å². The van der Waals surface area contributed by atoms with Crippen LogP contribution in [-0.4, -0.2) is 37.0 Å². The molecule has 0 bridgehead atoms. The molecule has 4 rings (SSSR count). The Bertz CT molecular complexity index is 1010. The van der Waals surface area contributed by atoms with Crippen molar-refractivity contribution in [1.29, 1.82) is 0 Å². The highest BCUT2D eigenvalue weighted by molar-refractivity contribution is 7.87. The molecule has 5 atom stereocenters. The maximum absolute atomic E-state index is 12.7. The largest absolute Gasteiger partial charge is 0.482 e. The number of fused-ring (bicyclic) bond motifs is 5. The summed E-state index contributed by atoms with van der Waals surface area (Å²) in [5.41, 5.74) is 2.21. The van der Waals surface area contributed by atoms with Crippen LogP contribution < -0.4 is 9.46 Å². The van der Waals surface area contributed by atoms with E-state index in [0.29, 0.717) is 12.8 Å². The second-order valence-corrected chi connectivity index (χ2v) is 10.4. The first kappa shape index (κ1) is 22.4. The molecule has 31 heavy (non-hydrogen) atoms. The number of aryl methyl sites for hydroxylation is 1. The van der Waals surface area contributed by atoms with Crippen molar-refractivity contribution in [3.63, 3.8) is 0 Å². The third-order valence-corrected chi connectivity index (χ3v) is 7.80. The van der Waals surface area contributed by atoms with Crippen molar-refractivity contribution >= 4 is 16.0 Å². The summed E-state index contributed by atoms with van der Waals surface area (Å²) in [6, 6.07) is 2.93. The van der Waals surface area contributed by atoms with Crippen LogP contribution in [-0.2, 0) is 16.7 Å². The predicted octanol–water partition coefficient (Wildman–Crippen LogP) is 4.23. The van der Waals surface area contributed by atoms with Gasteiger partial charge in [-0.05, 0) is 73.1 Å². The summed E-state index contributed by atoms with van der Waals surface area (Å²) in [6.45, 7) is 4.70. The molecule has 3 N–H and O–H groups in total. The fourth-order valence-corrected chi connectivity index (χ4v) is 6.52. The van der Waals surface area contributed by atoms with Crippen molar-refractivity contribution < 1.29 is 36.0 Å². The minimum Gasteiger partial charge on any atom is -0.482 e. The van der Waals surface area contributed by atoms with E-state index < -0.39 is 29.2 Å². The molecule has 3 aliphatic carbocycles. The van der Waals surface area contributed by atoms with Crippen LogP contribution in [0.25, 0.3) is 0 Å². The van der Waals surface area contributed by atoms with Crippen LogP contribution in [0.15, 0.2) is 24.3 Å². The molecule has 0 spiro atoms. The molecule has 3 aliphatic rings. The molecule has 2 unspecified atom stereocenters. The van der Waals surface area contributed by atoms with Gasteiger partial charge in [-0.15, -0.1) is 0 Å². The Morgan fingerprint density at radius 1 is 1.32 bits per heavy atom. The molecule has 10 heteroatoms. The lowest BCUT2D eigenvalue weighted by molar-refractivity contribution is -0.153. The van der Waals surface area contributed by atoms with Crippen molar-refractivity contribution in [2.75, 3.05) is 11.3 Å². The molecular weight excluding hydrogens is 435 g/mol. The standard InChI is InChI=1S/C21H26F3NO5S/c1-11-7-18(26)20(2)6-5-13-14(19(11)20)4-3-12-8-16(25-31(27,28)29)17(9-15(12)13)30-10-21(22,23)24/h8-9,13-14,18-19,25-26H,1,3-7,10H2,2H3,(H,27,28,29)/t13?,14?,18-,19-,20+/m0/s1. The van der Waals surface area contributed by atoms with E-state index in [1.54, 1.807) is 0 Å². The quantitative estimate of drug-likeness (QED) is 0.461. The molecule has 2 saturated carbocycles. The molecule has 172 valence electrons. The Labute approximate surface area is 179 Å². The number of halogens is 3. The highest BCUT2D eigenvalue weighted by Gasteiger charge is 2.56. The summed E-state index contributed by atoms with van der Waals surface area (Å²) in [5.74, 6) is 0.112. The van der Waals surface area contributed by atoms with Gasteiger partial charge >= 0.3 is 16.5 Å². The molecule has 0 amide bonds. The molecule has 0 radical (unpaired) electrons. The van der Waals surface area contributed by atoms with Crippen LogP contribution >= 0.6 is 0 Å². The Balaban J connectivity index is 1.72. The highest BCUT2D eigenvalue weighted by atomic mass is 32.2. The summed E-state index contributed by atoms with van der Waals surface area (Å²) in [5, 5.41) is 10.6. The van der Waals surface area contributed by atoms with Crippen LogP contribution in [0, 0.1) is 17.3 Å². The number of hydrogen-bond acceptors (Lipinski definition) is 4. The molecule has 1 aromatic rings. The molecule has 0 aliphatic heterocycles. The topological polar surface area (TPSA) is 95.9 Å². The van der Waals surface area contributed by atoms with Crippen LogP contribution in [0.5, 0.6) is 5.75 Å². The van der Waals surface area contributed by atoms with Crippen LogP contribution in [0.2, 0.25) is 0 Å². The minimum absolute atomic E-state index is 0.0527. The molecule has 2 fully saturated rings. The first-order valence-corrected chi connectivity index (χ1v) is 11.7. The fraction of sp³-hybridized carbons (Fsp3) is 0.619. The summed E-state index contributed by atoms with van der Waals surface area (Å²) in [6.07, 6.45) is -1.54. The van der Waals surface area contributed by atoms with E-state index in [0.717, 1.165) is 36.0 Å². The SMILES string of the molecule is C=C1C[C@H](O)[C@@]2(C)CCC3c4cc(OCC(F)(F)F)c(NS(=O)(=O)O)cc4CCC3[C@H]12. The van der Waals surface area contributed by atoms with Gasteiger partial charge in [0.1, 0.15) is 5.75 Å². The van der Waals surface area contributed by atoms with Gasteiger partial charge in [-0.3, -0.25) is 9.27 Å². The highest BCUT2D eigenvalue weighted by Crippen LogP contribution is 2.62. The monoisotopic (exact) mass is 461 g/mol. The van der Waals surface area contributed by atoms with Crippen LogP contribution in [0.3, 0.4) is 0 Å². The number of anilines is 1. The minimum atomic E-state index is -4.69. The van der Waals surface area contributed by atoms with Crippen LogP contribution in [0.1, 0.15) is 49.7 Å². The smallest absolute Gasteiger partial charge is 0.422 e. The normalized spacial score (nSPS) is 32.8. The lowest BCUT2D eigenvalue weighted by Crippen LogP contribution is -2.44. The lowest BCUT2D eigenvalue weighted by Gasteiger charge is -2.50. The maximum atomic E-state index is 12.7. The number of benzene rings is 1. The van der Waals surface area contributed by atoms with E-state index in [1.165, 1.54) is 12.1 Å². The molecule has 0 saturated heterocycles. The van der Waals surface area contributed by atoms with Gasteiger partial charge in [-0.2, -0.15) is 21.6 Å². The Kier molecular flexibility index (Phi) is 5.34. The third kappa shape index (κ3) is 4.17. The average Bonchev–Trinajstić information content (AvgIpc) is 2.86. The van der Waals surface area contributed by atoms with E-state index >= 15 is 0 Å². The zero-order chi connectivity index (χ0) is 22.8. The fourth-order valence-electron chi connectivity index (χ4n) is 6.08. The number of nitrogens with one attached hydrogen (secondary N) is 1. The average molecular weight is 462 g/mol. The zero-order valence-electron chi connectivity index (χ0n) is 17.1.